The Morgan fingerprint density at radius 2 is 1.55 bits per heavy atom. The van der Waals surface area contributed by atoms with E-state index in [4.69, 9.17) is 23.2 Å². The van der Waals surface area contributed by atoms with Gasteiger partial charge >= 0.3 is 6.18 Å². The summed E-state index contributed by atoms with van der Waals surface area (Å²) in [4.78, 5) is -0.297. The minimum absolute atomic E-state index is 0.297. The van der Waals surface area contributed by atoms with Crippen molar-refractivity contribution in [3.63, 3.8) is 0 Å². The van der Waals surface area contributed by atoms with Gasteiger partial charge in [-0.25, -0.2) is 0 Å². The molecule has 0 aliphatic carbocycles. The second-order valence-corrected chi connectivity index (χ2v) is 5.91. The molecule has 2 aromatic carbocycles. The van der Waals surface area contributed by atoms with Crippen molar-refractivity contribution in [2.45, 2.75) is 11.0 Å². The Kier molecular flexibility index (Phi) is 4.67. The van der Waals surface area contributed by atoms with E-state index in [9.17, 15) is 13.2 Å². The maximum Gasteiger partial charge on any atom is 0.416 e. The van der Waals surface area contributed by atoms with Crippen molar-refractivity contribution in [3.05, 3.63) is 69.2 Å². The monoisotopic (exact) mass is 382 g/mol. The predicted octanol–water partition coefficient (Wildman–Crippen LogP) is 6.50. The lowest BCUT2D eigenvalue weighted by Gasteiger charge is -2.14. The van der Waals surface area contributed by atoms with E-state index in [1.54, 1.807) is 18.2 Å². The van der Waals surface area contributed by atoms with E-state index in [2.05, 4.69) is 15.9 Å². The topological polar surface area (TPSA) is 0 Å². The molecule has 1 unspecified atom stereocenters. The maximum absolute atomic E-state index is 12.5. The minimum Gasteiger partial charge on any atom is -0.166 e. The molecule has 1 atom stereocenters. The van der Waals surface area contributed by atoms with Gasteiger partial charge in [0.25, 0.3) is 0 Å². The summed E-state index contributed by atoms with van der Waals surface area (Å²) >= 11 is 15.3. The molecule has 0 saturated carbocycles. The number of hydrogen-bond donors (Lipinski definition) is 0. The third kappa shape index (κ3) is 3.48. The summed E-state index contributed by atoms with van der Waals surface area (Å²) in [5, 5.41) is 0.963. The molecule has 0 aromatic heterocycles. The number of benzene rings is 2. The summed E-state index contributed by atoms with van der Waals surface area (Å²) < 4.78 is 37.5. The summed E-state index contributed by atoms with van der Waals surface area (Å²) in [6.07, 6.45) is -4.34. The van der Waals surface area contributed by atoms with Gasteiger partial charge in [0.2, 0.25) is 0 Å². The highest BCUT2D eigenvalue weighted by molar-refractivity contribution is 9.09. The Balaban J connectivity index is 2.31. The smallest absolute Gasteiger partial charge is 0.166 e. The summed E-state index contributed by atoms with van der Waals surface area (Å²) in [6.45, 7) is 0. The fourth-order valence-electron chi connectivity index (χ4n) is 1.73. The lowest BCUT2D eigenvalue weighted by Crippen LogP contribution is -2.05. The molecule has 0 radical (unpaired) electrons. The Morgan fingerprint density at radius 1 is 0.950 bits per heavy atom. The van der Waals surface area contributed by atoms with Crippen LogP contribution in [0.5, 0.6) is 0 Å². The predicted molar refractivity (Wildman–Crippen MR) is 78.7 cm³/mol. The summed E-state index contributed by atoms with van der Waals surface area (Å²) in [7, 11) is 0. The third-order valence-electron chi connectivity index (χ3n) is 2.77. The minimum atomic E-state index is -4.34. The largest absolute Gasteiger partial charge is 0.416 e. The normalized spacial score (nSPS) is 13.3. The highest BCUT2D eigenvalue weighted by Gasteiger charge is 2.30. The zero-order chi connectivity index (χ0) is 14.9. The highest BCUT2D eigenvalue weighted by Crippen LogP contribution is 2.37. The molecule has 0 N–H and O–H groups in total. The molecule has 0 heterocycles. The molecule has 20 heavy (non-hydrogen) atoms. The maximum atomic E-state index is 12.5. The lowest BCUT2D eigenvalue weighted by molar-refractivity contribution is -0.137. The van der Waals surface area contributed by atoms with Gasteiger partial charge in [0.15, 0.2) is 0 Å². The first-order valence-electron chi connectivity index (χ1n) is 5.55. The Morgan fingerprint density at radius 3 is 2.05 bits per heavy atom. The molecule has 0 nitrogen and oxygen atoms in total. The number of alkyl halides is 4. The summed E-state index contributed by atoms with van der Waals surface area (Å²) in [6, 6.07) is 9.96. The van der Waals surface area contributed by atoms with Gasteiger partial charge in [0.1, 0.15) is 0 Å². The molecule has 0 aliphatic heterocycles. The standard InChI is InChI=1S/C14H8BrCl2F3/c15-13(11-6-5-10(16)7-12(11)17)8-1-3-9(4-2-8)14(18,19)20/h1-7,13H. The van der Waals surface area contributed by atoms with Crippen molar-refractivity contribution in [3.8, 4) is 0 Å². The van der Waals surface area contributed by atoms with Crippen molar-refractivity contribution >= 4 is 39.1 Å². The van der Waals surface area contributed by atoms with Crippen molar-refractivity contribution < 1.29 is 13.2 Å². The average molecular weight is 384 g/mol. The molecule has 2 rings (SSSR count). The van der Waals surface area contributed by atoms with Gasteiger partial charge in [-0.1, -0.05) is 57.3 Å². The van der Waals surface area contributed by atoms with E-state index in [0.29, 0.717) is 15.6 Å². The van der Waals surface area contributed by atoms with Gasteiger partial charge in [-0.2, -0.15) is 13.2 Å². The van der Waals surface area contributed by atoms with Crippen LogP contribution in [-0.2, 0) is 6.18 Å². The van der Waals surface area contributed by atoms with Gasteiger partial charge in [0.05, 0.1) is 10.4 Å². The molecule has 2 aromatic rings. The van der Waals surface area contributed by atoms with E-state index in [1.807, 2.05) is 0 Å². The number of rotatable bonds is 2. The molecule has 0 spiro atoms. The third-order valence-corrected chi connectivity index (χ3v) is 4.35. The summed E-state index contributed by atoms with van der Waals surface area (Å²) in [5.74, 6) is 0. The van der Waals surface area contributed by atoms with Crippen molar-refractivity contribution in [1.29, 1.82) is 0 Å². The van der Waals surface area contributed by atoms with E-state index in [1.165, 1.54) is 12.1 Å². The first-order chi connectivity index (χ1) is 9.29. The van der Waals surface area contributed by atoms with E-state index in [-0.39, 0.29) is 4.83 Å². The first kappa shape index (κ1) is 15.7. The van der Waals surface area contributed by atoms with Gasteiger partial charge in [-0.15, -0.1) is 0 Å². The number of halogens is 6. The van der Waals surface area contributed by atoms with Crippen molar-refractivity contribution in [1.82, 2.24) is 0 Å². The Bertz CT molecular complexity index is 609. The zero-order valence-corrected chi connectivity index (χ0v) is 13.0. The molecule has 0 saturated heterocycles. The van der Waals surface area contributed by atoms with Crippen molar-refractivity contribution in [2.24, 2.45) is 0 Å². The van der Waals surface area contributed by atoms with Gasteiger partial charge in [-0.3, -0.25) is 0 Å². The Labute approximate surface area is 132 Å². The van der Waals surface area contributed by atoms with E-state index < -0.39 is 11.7 Å². The molecular formula is C14H8BrCl2F3. The van der Waals surface area contributed by atoms with E-state index in [0.717, 1.165) is 17.7 Å². The second kappa shape index (κ2) is 5.96. The average Bonchev–Trinajstić information content (AvgIpc) is 2.37. The molecule has 0 aliphatic rings. The van der Waals surface area contributed by atoms with E-state index >= 15 is 0 Å². The van der Waals surface area contributed by atoms with Crippen LogP contribution in [0.4, 0.5) is 13.2 Å². The quantitative estimate of drug-likeness (QED) is 0.519. The van der Waals surface area contributed by atoms with Crippen molar-refractivity contribution in [2.75, 3.05) is 0 Å². The van der Waals surface area contributed by atoms with Crippen LogP contribution in [0.3, 0.4) is 0 Å². The van der Waals surface area contributed by atoms with Crippen LogP contribution in [0, 0.1) is 0 Å². The van der Waals surface area contributed by atoms with Crippen LogP contribution in [0.25, 0.3) is 0 Å². The van der Waals surface area contributed by atoms with Gasteiger partial charge in [0, 0.05) is 10.0 Å². The fourth-order valence-corrected chi connectivity index (χ4v) is 3.08. The van der Waals surface area contributed by atoms with Gasteiger partial charge in [-0.05, 0) is 35.4 Å². The highest BCUT2D eigenvalue weighted by atomic mass is 79.9. The lowest BCUT2D eigenvalue weighted by atomic mass is 10.0. The molecular weight excluding hydrogens is 376 g/mol. The first-order valence-corrected chi connectivity index (χ1v) is 7.22. The van der Waals surface area contributed by atoms with Crippen LogP contribution in [0.1, 0.15) is 21.5 Å². The van der Waals surface area contributed by atoms with Crippen LogP contribution in [0.15, 0.2) is 42.5 Å². The Hall–Kier alpha value is -0.710. The summed E-state index contributed by atoms with van der Waals surface area (Å²) in [5.41, 5.74) is 0.751. The van der Waals surface area contributed by atoms with Crippen LogP contribution in [-0.4, -0.2) is 0 Å². The molecule has 0 amide bonds. The fraction of sp³-hybridized carbons (Fsp3) is 0.143. The second-order valence-electron chi connectivity index (χ2n) is 4.15. The number of hydrogen-bond acceptors (Lipinski definition) is 0. The molecule has 0 fully saturated rings. The molecule has 6 heteroatoms. The van der Waals surface area contributed by atoms with Crippen LogP contribution in [0.2, 0.25) is 10.0 Å². The van der Waals surface area contributed by atoms with Gasteiger partial charge < -0.3 is 0 Å². The molecule has 0 bridgehead atoms. The molecule has 106 valence electrons. The van der Waals surface area contributed by atoms with Crippen LogP contribution < -0.4 is 0 Å². The SMILES string of the molecule is FC(F)(F)c1ccc(C(Br)c2ccc(Cl)cc2Cl)cc1. The van der Waals surface area contributed by atoms with Crippen LogP contribution >= 0.6 is 39.1 Å². The zero-order valence-electron chi connectivity index (χ0n) is 9.89.